The van der Waals surface area contributed by atoms with Crippen molar-refractivity contribution >= 4 is 31.7 Å². The van der Waals surface area contributed by atoms with Gasteiger partial charge in [-0.1, -0.05) is 18.2 Å². The second-order valence-corrected chi connectivity index (χ2v) is 10.7. The lowest BCUT2D eigenvalue weighted by Gasteiger charge is -2.29. The van der Waals surface area contributed by atoms with Crippen LogP contribution in [0.15, 0.2) is 35.2 Å². The topological polar surface area (TPSA) is 121 Å². The lowest BCUT2D eigenvalue weighted by Crippen LogP contribution is -2.53. The fraction of sp³-hybridized carbons (Fsp3) is 0.500. The Hall–Kier alpha value is -1.98. The predicted molar refractivity (Wildman–Crippen MR) is 99.1 cm³/mol. The fourth-order valence-corrected chi connectivity index (χ4v) is 4.96. The van der Waals surface area contributed by atoms with Crippen molar-refractivity contribution in [3.63, 3.8) is 0 Å². The molecule has 1 aliphatic heterocycles. The molecule has 1 aliphatic rings. The highest BCUT2D eigenvalue weighted by atomic mass is 32.2. The Morgan fingerprint density at radius 3 is 2.30 bits per heavy atom. The lowest BCUT2D eigenvalue weighted by molar-refractivity contribution is -0.135. The van der Waals surface area contributed by atoms with Crippen LogP contribution >= 0.6 is 0 Å². The summed E-state index contributed by atoms with van der Waals surface area (Å²) in [5.74, 6) is -1.22. The molecule has 1 saturated heterocycles. The standard InChI is InChI=1S/C16H23N3O6S2/c1-13(16(21)19-8-10-26(22,23)11-9-19)17-15(20)12-18(2)27(24,25)14-6-4-3-5-7-14/h3-7,13H,8-12H2,1-2H3,(H,17,20). The minimum Gasteiger partial charge on any atom is -0.343 e. The molecule has 0 spiro atoms. The second-order valence-electron chi connectivity index (χ2n) is 6.34. The van der Waals surface area contributed by atoms with E-state index in [0.29, 0.717) is 0 Å². The smallest absolute Gasteiger partial charge is 0.244 e. The molecule has 0 bridgehead atoms. The van der Waals surface area contributed by atoms with Crippen LogP contribution in [0.1, 0.15) is 6.92 Å². The van der Waals surface area contributed by atoms with Crippen LogP contribution in [0.5, 0.6) is 0 Å². The average molecular weight is 418 g/mol. The number of rotatable bonds is 6. The van der Waals surface area contributed by atoms with Crippen LogP contribution in [-0.4, -0.2) is 82.1 Å². The Bertz CT molecular complexity index is 885. The van der Waals surface area contributed by atoms with Crippen molar-refractivity contribution in [3.8, 4) is 0 Å². The van der Waals surface area contributed by atoms with E-state index < -0.39 is 44.3 Å². The third-order valence-electron chi connectivity index (χ3n) is 4.22. The van der Waals surface area contributed by atoms with E-state index in [1.807, 2.05) is 0 Å². The first-order chi connectivity index (χ1) is 12.5. The maximum absolute atomic E-state index is 12.4. The Morgan fingerprint density at radius 1 is 1.19 bits per heavy atom. The molecule has 1 N–H and O–H groups in total. The van der Waals surface area contributed by atoms with Crippen molar-refractivity contribution < 1.29 is 26.4 Å². The molecule has 1 heterocycles. The maximum Gasteiger partial charge on any atom is 0.244 e. The molecule has 0 radical (unpaired) electrons. The minimum atomic E-state index is -3.81. The largest absolute Gasteiger partial charge is 0.343 e. The van der Waals surface area contributed by atoms with Gasteiger partial charge in [0, 0.05) is 20.1 Å². The first-order valence-electron chi connectivity index (χ1n) is 8.33. The number of carbonyl (C=O) groups is 2. The zero-order valence-corrected chi connectivity index (χ0v) is 16.8. The maximum atomic E-state index is 12.4. The van der Waals surface area contributed by atoms with Crippen LogP contribution in [0, 0.1) is 0 Å². The van der Waals surface area contributed by atoms with Crippen molar-refractivity contribution in [2.24, 2.45) is 0 Å². The normalized spacial score (nSPS) is 18.1. The summed E-state index contributed by atoms with van der Waals surface area (Å²) < 4.78 is 48.6. The van der Waals surface area contributed by atoms with Gasteiger partial charge in [-0.2, -0.15) is 4.31 Å². The summed E-state index contributed by atoms with van der Waals surface area (Å²) in [5, 5.41) is 2.47. The Labute approximate surface area is 159 Å². The van der Waals surface area contributed by atoms with Gasteiger partial charge in [-0.05, 0) is 19.1 Å². The Kier molecular flexibility index (Phi) is 6.60. The number of benzene rings is 1. The molecule has 1 fully saturated rings. The molecule has 9 nitrogen and oxygen atoms in total. The summed E-state index contributed by atoms with van der Waals surface area (Å²) in [7, 11) is -5.64. The number of likely N-dealkylation sites (N-methyl/N-ethyl adjacent to an activating group) is 1. The molecule has 2 rings (SSSR count). The third kappa shape index (κ3) is 5.50. The number of hydrogen-bond acceptors (Lipinski definition) is 6. The molecule has 27 heavy (non-hydrogen) atoms. The van der Waals surface area contributed by atoms with Crippen LogP contribution in [0.3, 0.4) is 0 Å². The lowest BCUT2D eigenvalue weighted by atomic mass is 10.2. The van der Waals surface area contributed by atoms with Gasteiger partial charge in [0.25, 0.3) is 0 Å². The van der Waals surface area contributed by atoms with Crippen molar-refractivity contribution in [2.45, 2.75) is 17.9 Å². The minimum absolute atomic E-state index is 0.0685. The molecule has 0 aromatic heterocycles. The van der Waals surface area contributed by atoms with E-state index in [1.54, 1.807) is 18.2 Å². The van der Waals surface area contributed by atoms with Crippen LogP contribution in [0.2, 0.25) is 0 Å². The highest BCUT2D eigenvalue weighted by molar-refractivity contribution is 7.91. The number of nitrogens with zero attached hydrogens (tertiary/aromatic N) is 2. The predicted octanol–water partition coefficient (Wildman–Crippen LogP) is -0.931. The molecule has 150 valence electrons. The number of sulfone groups is 1. The Morgan fingerprint density at radius 2 is 1.74 bits per heavy atom. The second kappa shape index (κ2) is 8.36. The van der Waals surface area contributed by atoms with Crippen LogP contribution in [-0.2, 0) is 29.4 Å². The van der Waals surface area contributed by atoms with Crippen molar-refractivity contribution in [1.29, 1.82) is 0 Å². The molecule has 1 aromatic rings. The number of nitrogens with one attached hydrogen (secondary N) is 1. The molecular weight excluding hydrogens is 394 g/mol. The van der Waals surface area contributed by atoms with Gasteiger partial charge in [-0.3, -0.25) is 9.59 Å². The van der Waals surface area contributed by atoms with Crippen LogP contribution < -0.4 is 5.32 Å². The van der Waals surface area contributed by atoms with Gasteiger partial charge < -0.3 is 10.2 Å². The number of sulfonamides is 1. The zero-order chi connectivity index (χ0) is 20.2. The summed E-state index contributed by atoms with van der Waals surface area (Å²) in [5.41, 5.74) is 0. The number of hydrogen-bond donors (Lipinski definition) is 1. The molecule has 2 amide bonds. The van der Waals surface area contributed by atoms with Crippen molar-refractivity contribution in [1.82, 2.24) is 14.5 Å². The summed E-state index contributed by atoms with van der Waals surface area (Å²) >= 11 is 0. The molecule has 1 atom stereocenters. The van der Waals surface area contributed by atoms with Gasteiger partial charge in [0.1, 0.15) is 6.04 Å². The van der Waals surface area contributed by atoms with Gasteiger partial charge in [-0.15, -0.1) is 0 Å². The van der Waals surface area contributed by atoms with Gasteiger partial charge in [-0.25, -0.2) is 16.8 Å². The van der Waals surface area contributed by atoms with E-state index in [1.165, 1.54) is 31.0 Å². The first kappa shape index (κ1) is 21.3. The molecule has 1 unspecified atom stereocenters. The van der Waals surface area contributed by atoms with E-state index in [2.05, 4.69) is 5.32 Å². The quantitative estimate of drug-likeness (QED) is 0.638. The highest BCUT2D eigenvalue weighted by Gasteiger charge is 2.29. The third-order valence-corrected chi connectivity index (χ3v) is 7.65. The average Bonchev–Trinajstić information content (AvgIpc) is 2.61. The van der Waals surface area contributed by atoms with E-state index >= 15 is 0 Å². The molecule has 0 aliphatic carbocycles. The number of amides is 2. The van der Waals surface area contributed by atoms with Gasteiger partial charge >= 0.3 is 0 Å². The Balaban J connectivity index is 1.92. The van der Waals surface area contributed by atoms with Crippen molar-refractivity contribution in [3.05, 3.63) is 30.3 Å². The number of carbonyl (C=O) groups excluding carboxylic acids is 2. The molecular formula is C16H23N3O6S2. The van der Waals surface area contributed by atoms with Crippen LogP contribution in [0.25, 0.3) is 0 Å². The van der Waals surface area contributed by atoms with E-state index in [9.17, 15) is 26.4 Å². The summed E-state index contributed by atoms with van der Waals surface area (Å²) in [6.07, 6.45) is 0. The molecule has 0 saturated carbocycles. The van der Waals surface area contributed by atoms with Gasteiger partial charge in [0.2, 0.25) is 21.8 Å². The van der Waals surface area contributed by atoms with Crippen molar-refractivity contribution in [2.75, 3.05) is 38.2 Å². The summed E-state index contributed by atoms with van der Waals surface area (Å²) in [6, 6.07) is 6.83. The first-order valence-corrected chi connectivity index (χ1v) is 11.6. The molecule has 11 heteroatoms. The van der Waals surface area contributed by atoms with Gasteiger partial charge in [0.05, 0.1) is 22.9 Å². The highest BCUT2D eigenvalue weighted by Crippen LogP contribution is 2.13. The monoisotopic (exact) mass is 417 g/mol. The van der Waals surface area contributed by atoms with E-state index in [4.69, 9.17) is 0 Å². The van der Waals surface area contributed by atoms with Crippen LogP contribution in [0.4, 0.5) is 0 Å². The fourth-order valence-electron chi connectivity index (χ4n) is 2.62. The zero-order valence-electron chi connectivity index (χ0n) is 15.2. The molecule has 1 aromatic carbocycles. The van der Waals surface area contributed by atoms with Gasteiger partial charge in [0.15, 0.2) is 9.84 Å². The summed E-state index contributed by atoms with van der Waals surface area (Å²) in [4.78, 5) is 25.9. The van der Waals surface area contributed by atoms with E-state index in [-0.39, 0.29) is 29.5 Å². The van der Waals surface area contributed by atoms with E-state index in [0.717, 1.165) is 4.31 Å². The SMILES string of the molecule is CC(NC(=O)CN(C)S(=O)(=O)c1ccccc1)C(=O)N1CCS(=O)(=O)CC1. The summed E-state index contributed by atoms with van der Waals surface area (Å²) in [6.45, 7) is 1.21.